The quantitative estimate of drug-likeness (QED) is 0.822. The Morgan fingerprint density at radius 2 is 2.00 bits per heavy atom. The van der Waals surface area contributed by atoms with Crippen LogP contribution in [-0.2, 0) is 17.1 Å². The lowest BCUT2D eigenvalue weighted by molar-refractivity contribution is 0.105. The van der Waals surface area contributed by atoms with Gasteiger partial charge < -0.3 is 9.67 Å². The van der Waals surface area contributed by atoms with Crippen LogP contribution in [0.3, 0.4) is 0 Å². The zero-order valence-corrected chi connectivity index (χ0v) is 13.8. The Morgan fingerprint density at radius 1 is 1.45 bits per heavy atom. The van der Waals surface area contributed by atoms with E-state index in [0.717, 1.165) is 0 Å². The number of imidazole rings is 1. The van der Waals surface area contributed by atoms with Crippen molar-refractivity contribution in [1.82, 2.24) is 14.3 Å². The molecule has 0 fully saturated rings. The monoisotopic (exact) mass is 303 g/mol. The molecule has 20 heavy (non-hydrogen) atoms. The maximum absolute atomic E-state index is 12.5. The highest BCUT2D eigenvalue weighted by Crippen LogP contribution is 2.27. The van der Waals surface area contributed by atoms with Gasteiger partial charge in [-0.25, -0.2) is 18.1 Å². The molecule has 0 saturated carbocycles. The molecule has 0 aliphatic carbocycles. The molecule has 0 bridgehead atoms. The first-order chi connectivity index (χ1) is 9.03. The van der Waals surface area contributed by atoms with Gasteiger partial charge in [-0.1, -0.05) is 27.7 Å². The Kier molecular flexibility index (Phi) is 4.99. The van der Waals surface area contributed by atoms with Gasteiger partial charge in [-0.05, 0) is 12.8 Å². The average molecular weight is 303 g/mol. The van der Waals surface area contributed by atoms with Crippen molar-refractivity contribution in [3.05, 3.63) is 12.0 Å². The smallest absolute Gasteiger partial charge is 0.258 e. The molecule has 0 aliphatic heterocycles. The second-order valence-corrected chi connectivity index (χ2v) is 7.85. The minimum atomic E-state index is -3.67. The molecule has 0 aliphatic rings. The molecule has 6 nitrogen and oxygen atoms in total. The van der Waals surface area contributed by atoms with Gasteiger partial charge in [0.15, 0.2) is 5.03 Å². The highest BCUT2D eigenvalue weighted by atomic mass is 32.2. The van der Waals surface area contributed by atoms with E-state index in [1.807, 2.05) is 27.7 Å². The molecule has 0 amide bonds. The maximum Gasteiger partial charge on any atom is 0.258 e. The normalized spacial score (nSPS) is 14.8. The minimum Gasteiger partial charge on any atom is -0.396 e. The number of hydrogen-bond donors (Lipinski definition) is 2. The van der Waals surface area contributed by atoms with Gasteiger partial charge in [-0.15, -0.1) is 0 Å². The largest absolute Gasteiger partial charge is 0.396 e. The number of nitrogens with zero attached hydrogens (tertiary/aromatic N) is 2. The van der Waals surface area contributed by atoms with Crippen LogP contribution in [0.5, 0.6) is 0 Å². The van der Waals surface area contributed by atoms with Crippen LogP contribution in [0.1, 0.15) is 33.5 Å². The first-order valence-electron chi connectivity index (χ1n) is 6.64. The SMILES string of the molecule is Cc1ncc(S(=O)(=O)NC(C(C)C)C(C)(C)CO)n1C. The van der Waals surface area contributed by atoms with Gasteiger partial charge in [-0.2, -0.15) is 0 Å². The third kappa shape index (κ3) is 3.39. The summed E-state index contributed by atoms with van der Waals surface area (Å²) in [6, 6.07) is -0.368. The highest BCUT2D eigenvalue weighted by molar-refractivity contribution is 7.89. The van der Waals surface area contributed by atoms with Crippen LogP contribution in [0.15, 0.2) is 11.2 Å². The minimum absolute atomic E-state index is 0.0567. The fourth-order valence-electron chi connectivity index (χ4n) is 2.25. The first-order valence-corrected chi connectivity index (χ1v) is 8.12. The molecule has 1 unspecified atom stereocenters. The van der Waals surface area contributed by atoms with Gasteiger partial charge in [0.1, 0.15) is 5.82 Å². The van der Waals surface area contributed by atoms with Gasteiger partial charge in [-0.3, -0.25) is 0 Å². The number of aryl methyl sites for hydroxylation is 1. The zero-order valence-electron chi connectivity index (χ0n) is 13.0. The molecule has 0 aromatic carbocycles. The van der Waals surface area contributed by atoms with Crippen LogP contribution in [-0.4, -0.2) is 35.7 Å². The lowest BCUT2D eigenvalue weighted by Crippen LogP contribution is -2.50. The molecule has 1 atom stereocenters. The van der Waals surface area contributed by atoms with E-state index in [-0.39, 0.29) is 23.6 Å². The molecule has 0 radical (unpaired) electrons. The summed E-state index contributed by atoms with van der Waals surface area (Å²) >= 11 is 0. The van der Waals surface area contributed by atoms with E-state index in [9.17, 15) is 13.5 Å². The number of sulfonamides is 1. The van der Waals surface area contributed by atoms with Crippen LogP contribution in [0, 0.1) is 18.3 Å². The van der Waals surface area contributed by atoms with Crippen molar-refractivity contribution in [3.8, 4) is 0 Å². The Labute approximate surface area is 121 Å². The topological polar surface area (TPSA) is 84.2 Å². The Hall–Kier alpha value is -0.920. The fourth-order valence-corrected chi connectivity index (χ4v) is 3.99. The fraction of sp³-hybridized carbons (Fsp3) is 0.769. The van der Waals surface area contributed by atoms with Crippen molar-refractivity contribution in [1.29, 1.82) is 0 Å². The number of aliphatic hydroxyl groups excluding tert-OH is 1. The van der Waals surface area contributed by atoms with Gasteiger partial charge in [0, 0.05) is 25.1 Å². The summed E-state index contributed by atoms with van der Waals surface area (Å²) < 4.78 is 29.2. The second-order valence-electron chi connectivity index (χ2n) is 6.19. The summed E-state index contributed by atoms with van der Waals surface area (Å²) in [5.74, 6) is 0.689. The molecule has 0 saturated heterocycles. The molecule has 1 aromatic rings. The van der Waals surface area contributed by atoms with E-state index in [2.05, 4.69) is 9.71 Å². The summed E-state index contributed by atoms with van der Waals surface area (Å²) in [4.78, 5) is 4.01. The third-order valence-electron chi connectivity index (χ3n) is 3.65. The van der Waals surface area contributed by atoms with Crippen LogP contribution in [0.25, 0.3) is 0 Å². The van der Waals surface area contributed by atoms with Crippen LogP contribution in [0.4, 0.5) is 0 Å². The Bertz CT molecular complexity index is 561. The molecular weight excluding hydrogens is 278 g/mol. The predicted octanol–water partition coefficient (Wildman–Crippen LogP) is 1.05. The van der Waals surface area contributed by atoms with Crippen LogP contribution in [0.2, 0.25) is 0 Å². The number of aliphatic hydroxyl groups is 1. The molecule has 2 N–H and O–H groups in total. The Morgan fingerprint density at radius 3 is 2.35 bits per heavy atom. The van der Waals surface area contributed by atoms with Crippen molar-refractivity contribution < 1.29 is 13.5 Å². The van der Waals surface area contributed by atoms with Gasteiger partial charge in [0.25, 0.3) is 10.0 Å². The predicted molar refractivity (Wildman–Crippen MR) is 77.8 cm³/mol. The van der Waals surface area contributed by atoms with E-state index in [1.165, 1.54) is 10.8 Å². The lowest BCUT2D eigenvalue weighted by Gasteiger charge is -2.35. The van der Waals surface area contributed by atoms with Crippen molar-refractivity contribution in [2.24, 2.45) is 18.4 Å². The van der Waals surface area contributed by atoms with Crippen molar-refractivity contribution in [3.63, 3.8) is 0 Å². The van der Waals surface area contributed by atoms with E-state index >= 15 is 0 Å². The molecule has 7 heteroatoms. The van der Waals surface area contributed by atoms with Gasteiger partial charge >= 0.3 is 0 Å². The van der Waals surface area contributed by atoms with E-state index in [1.54, 1.807) is 14.0 Å². The summed E-state index contributed by atoms with van der Waals surface area (Å²) in [5.41, 5.74) is -0.547. The lowest BCUT2D eigenvalue weighted by atomic mass is 9.80. The van der Waals surface area contributed by atoms with Crippen molar-refractivity contribution in [2.45, 2.75) is 45.7 Å². The summed E-state index contributed by atoms with van der Waals surface area (Å²) in [5, 5.41) is 9.62. The van der Waals surface area contributed by atoms with Gasteiger partial charge in [0.05, 0.1) is 6.20 Å². The standard InChI is InChI=1S/C13H25N3O3S/c1-9(2)12(13(4,5)8-17)15-20(18,19)11-7-14-10(3)16(11)6/h7,9,12,15,17H,8H2,1-6H3. The number of rotatable bonds is 6. The molecule has 0 spiro atoms. The number of aromatic nitrogens is 2. The second kappa shape index (κ2) is 5.83. The highest BCUT2D eigenvalue weighted by Gasteiger charge is 2.35. The number of nitrogens with one attached hydrogen (secondary N) is 1. The van der Waals surface area contributed by atoms with E-state index in [0.29, 0.717) is 5.82 Å². The molecule has 1 aromatic heterocycles. The molecular formula is C13H25N3O3S. The van der Waals surface area contributed by atoms with Crippen molar-refractivity contribution >= 4 is 10.0 Å². The number of hydrogen-bond acceptors (Lipinski definition) is 4. The summed E-state index contributed by atoms with van der Waals surface area (Å²) in [7, 11) is -2.00. The Balaban J connectivity index is 3.14. The summed E-state index contributed by atoms with van der Waals surface area (Å²) in [6.07, 6.45) is 1.35. The molecule has 1 heterocycles. The van der Waals surface area contributed by atoms with Crippen LogP contribution < -0.4 is 4.72 Å². The maximum atomic E-state index is 12.5. The van der Waals surface area contributed by atoms with E-state index in [4.69, 9.17) is 0 Å². The average Bonchev–Trinajstić information content (AvgIpc) is 2.67. The summed E-state index contributed by atoms with van der Waals surface area (Å²) in [6.45, 7) is 9.20. The first kappa shape index (κ1) is 17.1. The van der Waals surface area contributed by atoms with E-state index < -0.39 is 15.4 Å². The third-order valence-corrected chi connectivity index (χ3v) is 5.15. The van der Waals surface area contributed by atoms with Crippen molar-refractivity contribution in [2.75, 3.05) is 6.61 Å². The molecule has 116 valence electrons. The van der Waals surface area contributed by atoms with Crippen LogP contribution >= 0.6 is 0 Å². The zero-order chi connectivity index (χ0) is 15.7. The molecule has 1 rings (SSSR count). The van der Waals surface area contributed by atoms with Gasteiger partial charge in [0.2, 0.25) is 0 Å².